The Morgan fingerprint density at radius 2 is 1.77 bits per heavy atom. The Bertz CT molecular complexity index is 1110. The number of hydrogen-bond donors (Lipinski definition) is 0. The molecule has 162 valence electrons. The predicted molar refractivity (Wildman–Crippen MR) is 116 cm³/mol. The van der Waals surface area contributed by atoms with Crippen molar-refractivity contribution in [2.75, 3.05) is 20.1 Å². The quantitative estimate of drug-likeness (QED) is 0.586. The minimum atomic E-state index is -3.68. The van der Waals surface area contributed by atoms with Crippen LogP contribution in [0.25, 0.3) is 0 Å². The molecule has 0 spiro atoms. The van der Waals surface area contributed by atoms with E-state index < -0.39 is 22.0 Å². The van der Waals surface area contributed by atoms with Gasteiger partial charge in [0.2, 0.25) is 10.0 Å². The topological polar surface area (TPSA) is 83.7 Å². The van der Waals surface area contributed by atoms with Gasteiger partial charge in [-0.3, -0.25) is 9.78 Å². The molecular weight excluding hydrogens is 414 g/mol. The summed E-state index contributed by atoms with van der Waals surface area (Å²) in [6, 6.07) is 16.0. The van der Waals surface area contributed by atoms with Crippen LogP contribution < -0.4 is 0 Å². The second-order valence-corrected chi connectivity index (χ2v) is 9.53. The van der Waals surface area contributed by atoms with Crippen LogP contribution in [0.3, 0.4) is 0 Å². The molecule has 1 amide bonds. The van der Waals surface area contributed by atoms with Crippen LogP contribution in [0.15, 0.2) is 70.1 Å². The zero-order valence-corrected chi connectivity index (χ0v) is 18.4. The van der Waals surface area contributed by atoms with Crippen LogP contribution in [0.2, 0.25) is 0 Å². The SMILES string of the molecule is Cc1oc(C(=O)N(C)C(c2ccccc2)c2ccccn2)cc1S(=O)(=O)N1CCCC1. The van der Waals surface area contributed by atoms with E-state index in [1.54, 1.807) is 20.2 Å². The van der Waals surface area contributed by atoms with Crippen molar-refractivity contribution in [1.29, 1.82) is 0 Å². The molecule has 0 N–H and O–H groups in total. The first-order valence-corrected chi connectivity index (χ1v) is 11.7. The Balaban J connectivity index is 1.68. The maximum atomic E-state index is 13.3. The lowest BCUT2D eigenvalue weighted by Crippen LogP contribution is -2.32. The van der Waals surface area contributed by atoms with E-state index in [9.17, 15) is 13.2 Å². The number of sulfonamides is 1. The highest BCUT2D eigenvalue weighted by molar-refractivity contribution is 7.89. The van der Waals surface area contributed by atoms with E-state index in [-0.39, 0.29) is 16.4 Å². The van der Waals surface area contributed by atoms with Gasteiger partial charge in [-0.25, -0.2) is 8.42 Å². The molecule has 1 saturated heterocycles. The largest absolute Gasteiger partial charge is 0.455 e. The van der Waals surface area contributed by atoms with Crippen molar-refractivity contribution in [1.82, 2.24) is 14.2 Å². The van der Waals surface area contributed by atoms with Gasteiger partial charge in [-0.2, -0.15) is 4.31 Å². The van der Waals surface area contributed by atoms with Gasteiger partial charge in [0.05, 0.1) is 11.7 Å². The first kappa shape index (κ1) is 21.3. The van der Waals surface area contributed by atoms with Gasteiger partial charge in [-0.1, -0.05) is 36.4 Å². The van der Waals surface area contributed by atoms with Gasteiger partial charge in [0, 0.05) is 32.4 Å². The summed E-state index contributed by atoms with van der Waals surface area (Å²) in [6.07, 6.45) is 3.36. The van der Waals surface area contributed by atoms with E-state index in [1.165, 1.54) is 15.3 Å². The van der Waals surface area contributed by atoms with Crippen LogP contribution >= 0.6 is 0 Å². The molecule has 0 saturated carbocycles. The van der Waals surface area contributed by atoms with Gasteiger partial charge in [0.15, 0.2) is 5.76 Å². The maximum absolute atomic E-state index is 13.3. The lowest BCUT2D eigenvalue weighted by molar-refractivity contribution is 0.0719. The number of nitrogens with zero attached hydrogens (tertiary/aromatic N) is 3. The third-order valence-electron chi connectivity index (χ3n) is 5.56. The number of aromatic nitrogens is 1. The molecule has 4 rings (SSSR count). The number of hydrogen-bond acceptors (Lipinski definition) is 5. The monoisotopic (exact) mass is 439 g/mol. The van der Waals surface area contributed by atoms with Gasteiger partial charge in [0.25, 0.3) is 5.91 Å². The number of aryl methyl sites for hydroxylation is 1. The fourth-order valence-corrected chi connectivity index (χ4v) is 5.63. The summed E-state index contributed by atoms with van der Waals surface area (Å²) in [4.78, 5) is 19.4. The normalized spacial score (nSPS) is 15.7. The molecule has 0 radical (unpaired) electrons. The van der Waals surface area contributed by atoms with Crippen molar-refractivity contribution in [2.45, 2.75) is 30.7 Å². The molecule has 0 aliphatic carbocycles. The van der Waals surface area contributed by atoms with Crippen molar-refractivity contribution in [3.63, 3.8) is 0 Å². The van der Waals surface area contributed by atoms with E-state index in [4.69, 9.17) is 4.42 Å². The van der Waals surface area contributed by atoms with Crippen LogP contribution in [0.4, 0.5) is 0 Å². The minimum absolute atomic E-state index is 0.00497. The lowest BCUT2D eigenvalue weighted by Gasteiger charge is -2.27. The molecule has 1 fully saturated rings. The summed E-state index contributed by atoms with van der Waals surface area (Å²) in [5, 5.41) is 0. The zero-order chi connectivity index (χ0) is 22.0. The predicted octanol–water partition coefficient (Wildman–Crippen LogP) is 3.63. The molecule has 8 heteroatoms. The van der Waals surface area contributed by atoms with E-state index >= 15 is 0 Å². The fraction of sp³-hybridized carbons (Fsp3) is 0.304. The number of furan rings is 1. The van der Waals surface area contributed by atoms with Crippen molar-refractivity contribution in [3.8, 4) is 0 Å². The van der Waals surface area contributed by atoms with E-state index in [0.717, 1.165) is 18.4 Å². The average molecular weight is 440 g/mol. The number of carbonyl (C=O) groups is 1. The zero-order valence-electron chi connectivity index (χ0n) is 17.6. The standard InChI is InChI=1S/C23H25N3O4S/c1-17-21(31(28,29)26-14-8-9-15-26)16-20(30-17)23(27)25(2)22(18-10-4-3-5-11-18)19-12-6-7-13-24-19/h3-7,10-13,16,22H,8-9,14-15H2,1-2H3. The van der Waals surface area contributed by atoms with Gasteiger partial charge < -0.3 is 9.32 Å². The molecule has 1 aromatic carbocycles. The first-order valence-electron chi connectivity index (χ1n) is 10.2. The second kappa shape index (κ2) is 8.64. The molecule has 31 heavy (non-hydrogen) atoms. The third-order valence-corrected chi connectivity index (χ3v) is 7.56. The van der Waals surface area contributed by atoms with E-state index in [1.807, 2.05) is 48.5 Å². The molecule has 1 aliphatic heterocycles. The van der Waals surface area contributed by atoms with E-state index in [0.29, 0.717) is 18.8 Å². The maximum Gasteiger partial charge on any atom is 0.290 e. The highest BCUT2D eigenvalue weighted by Crippen LogP contribution is 2.30. The summed E-state index contributed by atoms with van der Waals surface area (Å²) in [5.74, 6) is -0.196. The number of amides is 1. The summed E-state index contributed by atoms with van der Waals surface area (Å²) < 4.78 is 33.0. The Labute approximate surface area is 182 Å². The smallest absolute Gasteiger partial charge is 0.290 e. The van der Waals surface area contributed by atoms with Crippen LogP contribution in [0.1, 0.15) is 46.5 Å². The fourth-order valence-electron chi connectivity index (χ4n) is 3.95. The molecule has 2 aromatic heterocycles. The number of benzene rings is 1. The molecule has 1 aliphatic rings. The van der Waals surface area contributed by atoms with Gasteiger partial charge in [0.1, 0.15) is 10.7 Å². The summed E-state index contributed by atoms with van der Waals surface area (Å²) in [5.41, 5.74) is 1.60. The molecule has 0 bridgehead atoms. The van der Waals surface area contributed by atoms with Crippen LogP contribution in [-0.4, -0.2) is 48.7 Å². The number of carbonyl (C=O) groups excluding carboxylic acids is 1. The highest BCUT2D eigenvalue weighted by atomic mass is 32.2. The Morgan fingerprint density at radius 3 is 2.42 bits per heavy atom. The molecule has 3 heterocycles. The van der Waals surface area contributed by atoms with Crippen molar-refractivity contribution < 1.29 is 17.6 Å². The average Bonchev–Trinajstić information content (AvgIpc) is 3.46. The van der Waals surface area contributed by atoms with E-state index in [2.05, 4.69) is 4.98 Å². The van der Waals surface area contributed by atoms with Crippen LogP contribution in [0, 0.1) is 6.92 Å². The minimum Gasteiger partial charge on any atom is -0.455 e. The second-order valence-electron chi connectivity index (χ2n) is 7.63. The van der Waals surface area contributed by atoms with Crippen molar-refractivity contribution in [2.24, 2.45) is 0 Å². The van der Waals surface area contributed by atoms with Gasteiger partial charge in [-0.05, 0) is 37.5 Å². The summed E-state index contributed by atoms with van der Waals surface area (Å²) in [7, 11) is -2.01. The number of pyridine rings is 1. The van der Waals surface area contributed by atoms with Gasteiger partial charge in [-0.15, -0.1) is 0 Å². The molecule has 3 aromatic rings. The molecular formula is C23H25N3O4S. The highest BCUT2D eigenvalue weighted by Gasteiger charge is 2.33. The number of rotatable bonds is 6. The molecule has 1 unspecified atom stereocenters. The summed E-state index contributed by atoms with van der Waals surface area (Å²) in [6.45, 7) is 2.56. The Morgan fingerprint density at radius 1 is 1.10 bits per heavy atom. The molecule has 7 nitrogen and oxygen atoms in total. The lowest BCUT2D eigenvalue weighted by atomic mass is 10.0. The van der Waals surface area contributed by atoms with Gasteiger partial charge >= 0.3 is 0 Å². The third kappa shape index (κ3) is 4.13. The first-order chi connectivity index (χ1) is 14.9. The molecule has 1 atom stereocenters. The van der Waals surface area contributed by atoms with Crippen molar-refractivity contribution >= 4 is 15.9 Å². The van der Waals surface area contributed by atoms with Crippen LogP contribution in [0.5, 0.6) is 0 Å². The van der Waals surface area contributed by atoms with Crippen LogP contribution in [-0.2, 0) is 10.0 Å². The summed E-state index contributed by atoms with van der Waals surface area (Å²) >= 11 is 0. The Kier molecular flexibility index (Phi) is 5.93. The van der Waals surface area contributed by atoms with Crippen molar-refractivity contribution in [3.05, 3.63) is 83.6 Å². The Hall–Kier alpha value is -2.97.